The van der Waals surface area contributed by atoms with E-state index in [-0.39, 0.29) is 31.5 Å². The molecule has 0 aliphatic carbocycles. The molecule has 0 fully saturated rings. The Morgan fingerprint density at radius 2 is 1.97 bits per heavy atom. The largest absolute Gasteiger partial charge is 0.465 e. The van der Waals surface area contributed by atoms with Crippen LogP contribution < -0.4 is 20.1 Å². The molecule has 2 amide bonds. The van der Waals surface area contributed by atoms with Crippen molar-refractivity contribution in [2.45, 2.75) is 19.5 Å². The van der Waals surface area contributed by atoms with E-state index in [4.69, 9.17) is 9.15 Å². The molecule has 14 nitrogen and oxygen atoms in total. The summed E-state index contributed by atoms with van der Waals surface area (Å²) in [6.07, 6.45) is 1.42. The van der Waals surface area contributed by atoms with Crippen LogP contribution in [-0.2, 0) is 26.3 Å². The number of carbonyl (C=O) groups excluding carboxylic acids is 2. The lowest BCUT2D eigenvalue weighted by Crippen LogP contribution is -2.41. The van der Waals surface area contributed by atoms with Crippen LogP contribution in [-0.4, -0.2) is 60.8 Å². The van der Waals surface area contributed by atoms with E-state index in [0.717, 1.165) is 10.3 Å². The van der Waals surface area contributed by atoms with Crippen LogP contribution in [0, 0.1) is 5.95 Å². The molecule has 3 heterocycles. The van der Waals surface area contributed by atoms with Gasteiger partial charge in [-0.15, -0.1) is 21.5 Å². The van der Waals surface area contributed by atoms with Gasteiger partial charge in [0.15, 0.2) is 6.04 Å². The van der Waals surface area contributed by atoms with Gasteiger partial charge < -0.3 is 19.8 Å². The van der Waals surface area contributed by atoms with Crippen molar-refractivity contribution in [2.24, 2.45) is 0 Å². The maximum absolute atomic E-state index is 13.2. The third-order valence-electron chi connectivity index (χ3n) is 5.10. The number of rotatable bonds is 11. The monoisotopic (exact) mass is 578 g/mol. The van der Waals surface area contributed by atoms with Crippen LogP contribution in [0.3, 0.4) is 0 Å². The number of halogens is 1. The number of ether oxygens (including phenoxy) is 1. The summed E-state index contributed by atoms with van der Waals surface area (Å²) in [7, 11) is -2.52. The maximum atomic E-state index is 13.2. The van der Waals surface area contributed by atoms with Crippen LogP contribution in [0.5, 0.6) is 0 Å². The van der Waals surface area contributed by atoms with Crippen LogP contribution in [0.15, 0.2) is 40.9 Å². The lowest BCUT2D eigenvalue weighted by Gasteiger charge is -2.13. The average molecular weight is 579 g/mol. The molecule has 4 rings (SSSR count). The number of esters is 1. The molecule has 1 unspecified atom stereocenters. The Morgan fingerprint density at radius 3 is 2.69 bits per heavy atom. The summed E-state index contributed by atoms with van der Waals surface area (Å²) in [6.45, 7) is 1.13. The fourth-order valence-corrected chi connectivity index (χ4v) is 4.76. The van der Waals surface area contributed by atoms with Crippen molar-refractivity contribution in [2.75, 3.05) is 20.2 Å². The Kier molecular flexibility index (Phi) is 8.75. The molecule has 206 valence electrons. The SMILES string of the molecule is CCOC(=O)CNC(=O)NC(c1nnc(CNS(=O)(=O)NC)o1)c1nc2ccc(-c3ccc(F)nc3)cc2s1. The highest BCUT2D eigenvalue weighted by Crippen LogP contribution is 2.32. The van der Waals surface area contributed by atoms with Crippen molar-refractivity contribution >= 4 is 43.8 Å². The molecule has 3 aromatic heterocycles. The van der Waals surface area contributed by atoms with Gasteiger partial charge in [-0.3, -0.25) is 4.79 Å². The van der Waals surface area contributed by atoms with E-state index < -0.39 is 34.2 Å². The molecule has 0 spiro atoms. The van der Waals surface area contributed by atoms with Crippen LogP contribution in [0.1, 0.15) is 29.8 Å². The fourth-order valence-electron chi connectivity index (χ4n) is 3.25. The van der Waals surface area contributed by atoms with E-state index in [9.17, 15) is 22.4 Å². The van der Waals surface area contributed by atoms with Gasteiger partial charge in [-0.05, 0) is 36.8 Å². The highest BCUT2D eigenvalue weighted by Gasteiger charge is 2.27. The molecule has 0 saturated heterocycles. The zero-order chi connectivity index (χ0) is 28.0. The summed E-state index contributed by atoms with van der Waals surface area (Å²) < 4.78 is 52.0. The van der Waals surface area contributed by atoms with Crippen LogP contribution >= 0.6 is 11.3 Å². The Labute approximate surface area is 225 Å². The summed E-state index contributed by atoms with van der Waals surface area (Å²) in [5.41, 5.74) is 2.08. The zero-order valence-electron chi connectivity index (χ0n) is 20.6. The standard InChI is InChI=1S/C22H23FN8O6S2/c1-3-36-18(32)11-26-22(33)29-19(20-31-30-17(37-20)10-27-39(34,35)24-2)21-28-14-6-4-12(8-15(14)38-21)13-5-7-16(23)25-9-13/h4-9,19,24,27H,3,10-11H2,1-2H3,(H2,26,29,33). The van der Waals surface area contributed by atoms with Crippen molar-refractivity contribution in [1.82, 2.24) is 40.2 Å². The Morgan fingerprint density at radius 1 is 1.18 bits per heavy atom. The molecule has 0 aliphatic rings. The third kappa shape index (κ3) is 7.29. The molecule has 4 aromatic rings. The number of urea groups is 1. The first-order valence-corrected chi connectivity index (χ1v) is 13.7. The van der Waals surface area contributed by atoms with Crippen molar-refractivity contribution in [3.63, 3.8) is 0 Å². The minimum Gasteiger partial charge on any atom is -0.465 e. The smallest absolute Gasteiger partial charge is 0.325 e. The van der Waals surface area contributed by atoms with Crippen LogP contribution in [0.25, 0.3) is 21.3 Å². The average Bonchev–Trinajstić information content (AvgIpc) is 3.57. The van der Waals surface area contributed by atoms with Gasteiger partial charge >= 0.3 is 12.0 Å². The number of thiazole rings is 1. The van der Waals surface area contributed by atoms with E-state index in [1.54, 1.807) is 25.1 Å². The summed E-state index contributed by atoms with van der Waals surface area (Å²) in [6, 6.07) is 6.49. The first kappa shape index (κ1) is 28.0. The molecular weight excluding hydrogens is 555 g/mol. The lowest BCUT2D eigenvalue weighted by molar-refractivity contribution is -0.141. The highest BCUT2D eigenvalue weighted by molar-refractivity contribution is 7.87. The fraction of sp³-hybridized carbons (Fsp3) is 0.273. The second-order valence-corrected chi connectivity index (χ2v) is 10.5. The maximum Gasteiger partial charge on any atom is 0.325 e. The van der Waals surface area contributed by atoms with E-state index in [0.29, 0.717) is 16.1 Å². The number of amides is 2. The van der Waals surface area contributed by atoms with Gasteiger partial charge in [0.2, 0.25) is 17.7 Å². The van der Waals surface area contributed by atoms with Gasteiger partial charge in [0, 0.05) is 18.8 Å². The summed E-state index contributed by atoms with van der Waals surface area (Å²) in [5.74, 6) is -1.34. The number of fused-ring (bicyclic) bond motifs is 1. The lowest BCUT2D eigenvalue weighted by atomic mass is 10.1. The van der Waals surface area contributed by atoms with Crippen molar-refractivity contribution in [3.05, 3.63) is 59.3 Å². The van der Waals surface area contributed by atoms with E-state index >= 15 is 0 Å². The number of nitrogens with one attached hydrogen (secondary N) is 4. The molecule has 0 bridgehead atoms. The Balaban J connectivity index is 1.62. The summed E-state index contributed by atoms with van der Waals surface area (Å²) in [5, 5.41) is 13.2. The first-order chi connectivity index (χ1) is 18.7. The van der Waals surface area contributed by atoms with Gasteiger partial charge in [0.1, 0.15) is 11.6 Å². The first-order valence-electron chi connectivity index (χ1n) is 11.4. The quantitative estimate of drug-likeness (QED) is 0.149. The van der Waals surface area contributed by atoms with Gasteiger partial charge in [-0.2, -0.15) is 17.5 Å². The summed E-state index contributed by atoms with van der Waals surface area (Å²) in [4.78, 5) is 32.5. The summed E-state index contributed by atoms with van der Waals surface area (Å²) >= 11 is 1.23. The third-order valence-corrected chi connectivity index (χ3v) is 7.24. The van der Waals surface area contributed by atoms with Crippen LogP contribution in [0.4, 0.5) is 9.18 Å². The van der Waals surface area contributed by atoms with Crippen molar-refractivity contribution in [3.8, 4) is 11.1 Å². The molecule has 0 radical (unpaired) electrons. The number of aromatic nitrogens is 4. The van der Waals surface area contributed by atoms with Gasteiger partial charge in [0.25, 0.3) is 10.2 Å². The topological polar surface area (TPSA) is 190 Å². The molecular formula is C22H23FN8O6S2. The molecule has 39 heavy (non-hydrogen) atoms. The molecule has 17 heteroatoms. The predicted octanol–water partition coefficient (Wildman–Crippen LogP) is 1.39. The highest BCUT2D eigenvalue weighted by atomic mass is 32.2. The van der Waals surface area contributed by atoms with Gasteiger partial charge in [0.05, 0.1) is 23.4 Å². The molecule has 0 saturated carbocycles. The minimum atomic E-state index is -3.75. The van der Waals surface area contributed by atoms with E-state index in [2.05, 4.69) is 40.2 Å². The number of nitrogens with zero attached hydrogens (tertiary/aromatic N) is 4. The molecule has 4 N–H and O–H groups in total. The Hall–Kier alpha value is -4.06. The number of hydrogen-bond acceptors (Lipinski definition) is 11. The minimum absolute atomic E-state index is 0.0604. The number of carbonyl (C=O) groups is 2. The van der Waals surface area contributed by atoms with E-state index in [1.165, 1.54) is 30.6 Å². The second-order valence-electron chi connectivity index (χ2n) is 7.73. The van der Waals surface area contributed by atoms with Gasteiger partial charge in [-0.25, -0.2) is 19.5 Å². The zero-order valence-corrected chi connectivity index (χ0v) is 22.2. The van der Waals surface area contributed by atoms with Crippen molar-refractivity contribution in [1.29, 1.82) is 0 Å². The normalized spacial score (nSPS) is 12.3. The molecule has 1 atom stereocenters. The van der Waals surface area contributed by atoms with Crippen molar-refractivity contribution < 1.29 is 31.6 Å². The van der Waals surface area contributed by atoms with E-state index in [1.807, 2.05) is 6.07 Å². The molecule has 0 aliphatic heterocycles. The number of hydrogen-bond donors (Lipinski definition) is 4. The Bertz CT molecular complexity index is 1570. The van der Waals surface area contributed by atoms with Crippen LogP contribution in [0.2, 0.25) is 0 Å². The molecule has 1 aromatic carbocycles. The number of benzene rings is 1. The number of pyridine rings is 1. The second kappa shape index (κ2) is 12.2. The predicted molar refractivity (Wildman–Crippen MR) is 137 cm³/mol. The van der Waals surface area contributed by atoms with Gasteiger partial charge in [-0.1, -0.05) is 6.07 Å².